The third kappa shape index (κ3) is 3.26. The van der Waals surface area contributed by atoms with Gasteiger partial charge in [-0.15, -0.1) is 11.6 Å². The second kappa shape index (κ2) is 5.77. The van der Waals surface area contributed by atoms with Crippen molar-refractivity contribution in [2.75, 3.05) is 12.8 Å². The Morgan fingerprint density at radius 2 is 2.29 bits per heavy atom. The molecule has 4 nitrogen and oxygen atoms in total. The summed E-state index contributed by atoms with van der Waals surface area (Å²) in [4.78, 5) is 14.9. The zero-order valence-corrected chi connectivity index (χ0v) is 9.80. The molecule has 0 aliphatic rings. The fraction of sp³-hybridized carbons (Fsp3) is 0.400. The molecule has 0 aliphatic heterocycles. The second-order valence-corrected chi connectivity index (χ2v) is 3.52. The molecule has 17 heavy (non-hydrogen) atoms. The molecule has 0 fully saturated rings. The number of rotatable bonds is 4. The first-order chi connectivity index (χ1) is 7.99. The lowest BCUT2D eigenvalue weighted by Crippen LogP contribution is -2.10. The molecule has 0 atom stereocenters. The van der Waals surface area contributed by atoms with Crippen molar-refractivity contribution in [2.24, 2.45) is 0 Å². The van der Waals surface area contributed by atoms with E-state index in [0.717, 1.165) is 6.07 Å². The number of carbonyl (C=O) groups is 1. The lowest BCUT2D eigenvalue weighted by Gasteiger charge is -2.10. The average molecular weight is 265 g/mol. The standard InChI is InChI=1S/C10H11ClF2N2O2/c1-17-8(16)3-5-2-6(9(12)13)10(14)15-7(5)4-11/h2,9H,3-4H2,1H3,(H2,14,15). The van der Waals surface area contributed by atoms with Crippen molar-refractivity contribution in [1.82, 2.24) is 4.98 Å². The van der Waals surface area contributed by atoms with Crippen molar-refractivity contribution in [1.29, 1.82) is 0 Å². The van der Waals surface area contributed by atoms with E-state index in [9.17, 15) is 13.6 Å². The molecule has 0 saturated heterocycles. The van der Waals surface area contributed by atoms with Gasteiger partial charge in [0.25, 0.3) is 6.43 Å². The van der Waals surface area contributed by atoms with E-state index in [4.69, 9.17) is 17.3 Å². The van der Waals surface area contributed by atoms with E-state index in [-0.39, 0.29) is 18.1 Å². The number of pyridine rings is 1. The normalized spacial score (nSPS) is 10.6. The first-order valence-electron chi connectivity index (χ1n) is 4.68. The fourth-order valence-corrected chi connectivity index (χ4v) is 1.53. The zero-order valence-electron chi connectivity index (χ0n) is 9.04. The minimum absolute atomic E-state index is 0.0138. The van der Waals surface area contributed by atoms with Crippen molar-refractivity contribution in [3.05, 3.63) is 22.9 Å². The van der Waals surface area contributed by atoms with Gasteiger partial charge in [0, 0.05) is 0 Å². The van der Waals surface area contributed by atoms with Gasteiger partial charge in [0.1, 0.15) is 5.82 Å². The average Bonchev–Trinajstić information content (AvgIpc) is 2.30. The monoisotopic (exact) mass is 264 g/mol. The number of alkyl halides is 3. The summed E-state index contributed by atoms with van der Waals surface area (Å²) in [7, 11) is 1.21. The van der Waals surface area contributed by atoms with Crippen LogP contribution in [0.1, 0.15) is 23.2 Å². The molecular weight excluding hydrogens is 254 g/mol. The largest absolute Gasteiger partial charge is 0.469 e. The molecule has 1 rings (SSSR count). The third-order valence-electron chi connectivity index (χ3n) is 2.18. The van der Waals surface area contributed by atoms with Crippen LogP contribution in [-0.2, 0) is 21.8 Å². The molecule has 0 aromatic carbocycles. The number of methoxy groups -OCH3 is 1. The minimum atomic E-state index is -2.75. The number of carbonyl (C=O) groups excluding carboxylic acids is 1. The lowest BCUT2D eigenvalue weighted by molar-refractivity contribution is -0.139. The molecule has 0 radical (unpaired) electrons. The van der Waals surface area contributed by atoms with Gasteiger partial charge in [-0.05, 0) is 11.6 Å². The number of anilines is 1. The first kappa shape index (κ1) is 13.6. The van der Waals surface area contributed by atoms with E-state index in [1.165, 1.54) is 7.11 Å². The van der Waals surface area contributed by atoms with Gasteiger partial charge in [-0.2, -0.15) is 0 Å². The summed E-state index contributed by atoms with van der Waals surface area (Å²) in [6.07, 6.45) is -2.91. The zero-order chi connectivity index (χ0) is 13.0. The van der Waals surface area contributed by atoms with Crippen molar-refractivity contribution in [3.8, 4) is 0 Å². The maximum Gasteiger partial charge on any atom is 0.310 e. The van der Waals surface area contributed by atoms with Gasteiger partial charge in [0.05, 0.1) is 30.7 Å². The van der Waals surface area contributed by atoms with Crippen molar-refractivity contribution < 1.29 is 18.3 Å². The van der Waals surface area contributed by atoms with E-state index in [0.29, 0.717) is 11.3 Å². The number of nitrogen functional groups attached to an aromatic ring is 1. The third-order valence-corrected chi connectivity index (χ3v) is 2.43. The van der Waals surface area contributed by atoms with Crippen LogP contribution in [0.2, 0.25) is 0 Å². The number of esters is 1. The lowest BCUT2D eigenvalue weighted by atomic mass is 10.1. The van der Waals surface area contributed by atoms with E-state index < -0.39 is 18.0 Å². The van der Waals surface area contributed by atoms with Crippen LogP contribution in [0, 0.1) is 0 Å². The number of nitrogens with two attached hydrogens (primary N) is 1. The van der Waals surface area contributed by atoms with E-state index in [2.05, 4.69) is 9.72 Å². The Morgan fingerprint density at radius 3 is 2.76 bits per heavy atom. The maximum absolute atomic E-state index is 12.6. The highest BCUT2D eigenvalue weighted by atomic mass is 35.5. The Hall–Kier alpha value is -1.43. The number of hydrogen-bond donors (Lipinski definition) is 1. The molecule has 0 bridgehead atoms. The molecule has 7 heteroatoms. The first-order valence-corrected chi connectivity index (χ1v) is 5.22. The predicted octanol–water partition coefficient (Wildman–Crippen LogP) is 2.06. The molecule has 1 aromatic rings. The number of halogens is 3. The van der Waals surface area contributed by atoms with Crippen LogP contribution >= 0.6 is 11.6 Å². The molecule has 1 aromatic heterocycles. The van der Waals surface area contributed by atoms with Crippen molar-refractivity contribution >= 4 is 23.4 Å². The van der Waals surface area contributed by atoms with Crippen LogP contribution in [0.4, 0.5) is 14.6 Å². The van der Waals surface area contributed by atoms with E-state index >= 15 is 0 Å². The Bertz CT molecular complexity index is 427. The number of ether oxygens (including phenoxy) is 1. The maximum atomic E-state index is 12.6. The van der Waals surface area contributed by atoms with Gasteiger partial charge >= 0.3 is 5.97 Å². The SMILES string of the molecule is COC(=O)Cc1cc(C(F)F)c(N)nc1CCl. The van der Waals surface area contributed by atoms with Crippen LogP contribution in [0.5, 0.6) is 0 Å². The summed E-state index contributed by atoms with van der Waals surface area (Å²) in [5, 5.41) is 0. The van der Waals surface area contributed by atoms with Crippen LogP contribution in [-0.4, -0.2) is 18.1 Å². The van der Waals surface area contributed by atoms with Crippen LogP contribution in [0.15, 0.2) is 6.07 Å². The predicted molar refractivity (Wildman–Crippen MR) is 58.9 cm³/mol. The van der Waals surface area contributed by atoms with Gasteiger partial charge in [-0.25, -0.2) is 13.8 Å². The molecule has 1 heterocycles. The van der Waals surface area contributed by atoms with Gasteiger partial charge in [-0.3, -0.25) is 4.79 Å². The summed E-state index contributed by atoms with van der Waals surface area (Å²) in [6, 6.07) is 1.14. The van der Waals surface area contributed by atoms with Gasteiger partial charge in [-0.1, -0.05) is 0 Å². The summed E-state index contributed by atoms with van der Waals surface area (Å²) < 4.78 is 29.6. The van der Waals surface area contributed by atoms with Gasteiger partial charge < -0.3 is 10.5 Å². The van der Waals surface area contributed by atoms with E-state index in [1.807, 2.05) is 0 Å². The van der Waals surface area contributed by atoms with Crippen LogP contribution in [0.25, 0.3) is 0 Å². The van der Waals surface area contributed by atoms with Crippen LogP contribution in [0.3, 0.4) is 0 Å². The van der Waals surface area contributed by atoms with Gasteiger partial charge in [0.15, 0.2) is 0 Å². The highest BCUT2D eigenvalue weighted by Crippen LogP contribution is 2.26. The van der Waals surface area contributed by atoms with Crippen molar-refractivity contribution in [2.45, 2.75) is 18.7 Å². The van der Waals surface area contributed by atoms with Gasteiger partial charge in [0.2, 0.25) is 0 Å². The second-order valence-electron chi connectivity index (χ2n) is 3.26. The molecule has 2 N–H and O–H groups in total. The molecule has 94 valence electrons. The smallest absolute Gasteiger partial charge is 0.310 e. The minimum Gasteiger partial charge on any atom is -0.469 e. The van der Waals surface area contributed by atoms with E-state index in [1.54, 1.807) is 0 Å². The molecule has 0 unspecified atom stereocenters. The topological polar surface area (TPSA) is 65.2 Å². The Morgan fingerprint density at radius 1 is 1.65 bits per heavy atom. The molecule has 0 spiro atoms. The Kier molecular flexibility index (Phi) is 4.62. The number of aromatic nitrogens is 1. The highest BCUT2D eigenvalue weighted by Gasteiger charge is 2.18. The molecule has 0 saturated carbocycles. The highest BCUT2D eigenvalue weighted by molar-refractivity contribution is 6.17. The van der Waals surface area contributed by atoms with Crippen LogP contribution < -0.4 is 5.73 Å². The summed E-state index contributed by atoms with van der Waals surface area (Å²) >= 11 is 5.60. The summed E-state index contributed by atoms with van der Waals surface area (Å²) in [5.41, 5.74) is 5.57. The number of nitrogens with zero attached hydrogens (tertiary/aromatic N) is 1. The molecular formula is C10H11ClF2N2O2. The Balaban J connectivity index is 3.16. The molecule has 0 aliphatic carbocycles. The molecule has 0 amide bonds. The number of hydrogen-bond acceptors (Lipinski definition) is 4. The summed E-state index contributed by atoms with van der Waals surface area (Å²) in [5.74, 6) is -0.840. The quantitative estimate of drug-likeness (QED) is 0.668. The summed E-state index contributed by atoms with van der Waals surface area (Å²) in [6.45, 7) is 0. The van der Waals surface area contributed by atoms with Crippen molar-refractivity contribution in [3.63, 3.8) is 0 Å². The Labute approximate surface area is 102 Å². The fourth-order valence-electron chi connectivity index (χ4n) is 1.30.